The van der Waals surface area contributed by atoms with E-state index >= 15 is 0 Å². The third kappa shape index (κ3) is 9.38. The summed E-state index contributed by atoms with van der Waals surface area (Å²) in [6.07, 6.45) is 3.34. The van der Waals surface area contributed by atoms with Crippen LogP contribution in [0.4, 0.5) is 0 Å². The first kappa shape index (κ1) is 19.8. The summed E-state index contributed by atoms with van der Waals surface area (Å²) >= 11 is 1.71. The first-order valence-corrected chi connectivity index (χ1v) is 11.0. The molecule has 118 valence electrons. The van der Waals surface area contributed by atoms with Gasteiger partial charge in [0.25, 0.3) is 0 Å². The molecular weight excluding hydrogens is 299 g/mol. The summed E-state index contributed by atoms with van der Waals surface area (Å²) in [5, 5.41) is 12.7. The van der Waals surface area contributed by atoms with Gasteiger partial charge in [0, 0.05) is 0 Å². The van der Waals surface area contributed by atoms with E-state index in [4.69, 9.17) is 5.11 Å². The maximum Gasteiger partial charge on any atom is 0.115 e. The van der Waals surface area contributed by atoms with E-state index in [0.717, 1.165) is 18.5 Å². The van der Waals surface area contributed by atoms with E-state index in [1.165, 1.54) is 6.03 Å². The summed E-state index contributed by atoms with van der Waals surface area (Å²) in [4.78, 5) is 10.6. The van der Waals surface area contributed by atoms with Gasteiger partial charge in [-0.25, -0.2) is 0 Å². The van der Waals surface area contributed by atoms with Gasteiger partial charge in [-0.1, -0.05) is 30.3 Å². The molecule has 1 heterocycles. The molecule has 0 amide bonds. The summed E-state index contributed by atoms with van der Waals surface area (Å²) < 4.78 is 0. The van der Waals surface area contributed by atoms with Crippen molar-refractivity contribution in [2.45, 2.75) is 20.8 Å². The number of phenolic OH excluding ortho intramolecular Hbond substituents is 1. The fourth-order valence-electron chi connectivity index (χ4n) is 1.65. The number of aromatic hydroxyl groups is 1. The van der Waals surface area contributed by atoms with Crippen LogP contribution in [0.5, 0.6) is 5.75 Å². The van der Waals surface area contributed by atoms with E-state index in [1.54, 1.807) is 35.6 Å². The largest absolute Gasteiger partial charge is 0.508 e. The third-order valence-corrected chi connectivity index (χ3v) is 8.90. The number of hydrogen-bond donors (Lipinski definition) is 1. The molecule has 21 heavy (non-hydrogen) atoms. The Balaban J connectivity index is 0.000000296. The molecule has 2 rings (SSSR count). The Morgan fingerprint density at radius 3 is 1.57 bits per heavy atom. The minimum absolute atomic E-state index is 0.322. The molecule has 0 fully saturated rings. The maximum absolute atomic E-state index is 10.6. The number of rotatable bonds is 4. The Bertz CT molecular complexity index is 414. The summed E-state index contributed by atoms with van der Waals surface area (Å²) in [5.41, 5.74) is 0. The first-order valence-electron chi connectivity index (χ1n) is 7.31. The van der Waals surface area contributed by atoms with Crippen molar-refractivity contribution in [3.8, 4) is 5.75 Å². The van der Waals surface area contributed by atoms with Gasteiger partial charge < -0.3 is 5.11 Å². The number of carbonyl (C=O) groups excluding carboxylic acids is 1. The number of carbonyl (C=O) groups is 1. The molecule has 0 saturated carbocycles. The van der Waals surface area contributed by atoms with Gasteiger partial charge in [0.2, 0.25) is 0 Å². The summed E-state index contributed by atoms with van der Waals surface area (Å²) in [5.74, 6) is 0.322. The van der Waals surface area contributed by atoms with Crippen LogP contribution in [0.25, 0.3) is 0 Å². The fraction of sp³-hybridized carbons (Fsp3) is 0.353. The Hall–Kier alpha value is -1.18. The zero-order valence-corrected chi connectivity index (χ0v) is 15.0. The monoisotopic (exact) mass is 326 g/mol. The number of thiophene rings is 1. The average molecular weight is 326 g/mol. The second kappa shape index (κ2) is 12.6. The van der Waals surface area contributed by atoms with Crippen molar-refractivity contribution in [1.82, 2.24) is 0 Å². The number of hydrogen-bond acceptors (Lipinski definition) is 3. The van der Waals surface area contributed by atoms with Crippen LogP contribution in [-0.2, 0) is 4.79 Å². The molecule has 1 aromatic heterocycles. The zero-order valence-electron chi connectivity index (χ0n) is 13.2. The number of para-hydroxylation sites is 1. The van der Waals surface area contributed by atoms with Crippen LogP contribution in [0, 0.1) is 0 Å². The van der Waals surface area contributed by atoms with Crippen LogP contribution in [0.3, 0.4) is 0 Å². The van der Waals surface area contributed by atoms with Gasteiger partial charge in [0.05, 0.1) is 0 Å². The van der Waals surface area contributed by atoms with Crippen LogP contribution < -0.4 is 0 Å². The van der Waals surface area contributed by atoms with Crippen LogP contribution in [0.15, 0.2) is 53.2 Å². The molecule has 0 radical (unpaired) electrons. The Morgan fingerprint density at radius 1 is 0.952 bits per heavy atom. The van der Waals surface area contributed by atoms with Crippen LogP contribution >= 0.6 is 18.6 Å². The van der Waals surface area contributed by atoms with E-state index < -0.39 is 7.26 Å². The van der Waals surface area contributed by atoms with E-state index in [2.05, 4.69) is 20.8 Å². The summed E-state index contributed by atoms with van der Waals surface area (Å²) in [7, 11) is -1.37. The van der Waals surface area contributed by atoms with E-state index in [-0.39, 0.29) is 0 Å². The van der Waals surface area contributed by atoms with Crippen molar-refractivity contribution in [3.05, 3.63) is 53.2 Å². The first-order chi connectivity index (χ1) is 10.1. The van der Waals surface area contributed by atoms with Crippen molar-refractivity contribution in [3.63, 3.8) is 0 Å². The molecule has 2 aromatic rings. The number of benzene rings is 1. The van der Waals surface area contributed by atoms with Crippen molar-refractivity contribution < 1.29 is 9.90 Å². The standard InChI is InChI=1S/C7H17OP.C6H6O.C4H4S/c1-4-9(5-2,6-3)7-8;7-6-4-2-1-3-5-6;1-2-4-5-3-1/h7,9H,4-6H2,1-3H3;1-5,7H;1-4H. The van der Waals surface area contributed by atoms with Gasteiger partial charge >= 0.3 is 57.3 Å². The van der Waals surface area contributed by atoms with Crippen LogP contribution in [0.2, 0.25) is 0 Å². The van der Waals surface area contributed by atoms with Crippen molar-refractivity contribution in [2.75, 3.05) is 18.5 Å². The maximum atomic E-state index is 10.6. The smallest absolute Gasteiger partial charge is 0.115 e. The van der Waals surface area contributed by atoms with Gasteiger partial charge in [0.15, 0.2) is 0 Å². The fourth-order valence-corrected chi connectivity index (χ4v) is 4.11. The zero-order chi connectivity index (χ0) is 16.0. The Labute approximate surface area is 133 Å². The predicted molar refractivity (Wildman–Crippen MR) is 99.1 cm³/mol. The van der Waals surface area contributed by atoms with Gasteiger partial charge in [-0.3, -0.25) is 0 Å². The average Bonchev–Trinajstić information content (AvgIpc) is 3.11. The van der Waals surface area contributed by atoms with E-state index in [1.807, 2.05) is 29.0 Å². The molecule has 2 nitrogen and oxygen atoms in total. The second-order valence-corrected chi connectivity index (χ2v) is 10.6. The molecule has 0 saturated heterocycles. The van der Waals surface area contributed by atoms with Crippen molar-refractivity contribution >= 4 is 24.6 Å². The molecule has 0 aliphatic carbocycles. The normalized spacial score (nSPS) is 10.4. The van der Waals surface area contributed by atoms with Crippen LogP contribution in [0.1, 0.15) is 20.8 Å². The topological polar surface area (TPSA) is 37.3 Å². The molecule has 0 bridgehead atoms. The third-order valence-electron chi connectivity index (χ3n) is 3.54. The van der Waals surface area contributed by atoms with Gasteiger partial charge in [-0.15, -0.1) is 0 Å². The number of phenols is 1. The molecule has 0 spiro atoms. The van der Waals surface area contributed by atoms with Crippen molar-refractivity contribution in [1.29, 1.82) is 0 Å². The molecule has 1 aromatic carbocycles. The van der Waals surface area contributed by atoms with Gasteiger partial charge in [-0.05, 0) is 22.9 Å². The second-order valence-electron chi connectivity index (χ2n) is 4.67. The summed E-state index contributed by atoms with van der Waals surface area (Å²) in [6.45, 7) is 6.40. The quantitative estimate of drug-likeness (QED) is 0.625. The molecule has 0 unspecified atom stereocenters. The molecule has 0 aliphatic rings. The minimum atomic E-state index is -1.37. The molecule has 1 N–H and O–H groups in total. The van der Waals surface area contributed by atoms with E-state index in [0.29, 0.717) is 5.75 Å². The van der Waals surface area contributed by atoms with Gasteiger partial charge in [-0.2, -0.15) is 11.3 Å². The Morgan fingerprint density at radius 2 is 1.43 bits per heavy atom. The molecule has 0 atom stereocenters. The van der Waals surface area contributed by atoms with Crippen molar-refractivity contribution in [2.24, 2.45) is 0 Å². The summed E-state index contributed by atoms with van der Waals surface area (Å²) in [6, 6.07) is 14.0. The Kier molecular flexibility index (Phi) is 11.8. The van der Waals surface area contributed by atoms with Gasteiger partial charge in [0.1, 0.15) is 5.75 Å². The van der Waals surface area contributed by atoms with Crippen LogP contribution in [-0.4, -0.2) is 29.6 Å². The molecule has 0 aliphatic heterocycles. The van der Waals surface area contributed by atoms with E-state index in [9.17, 15) is 4.79 Å². The molecular formula is C17H27O2PS. The minimum Gasteiger partial charge on any atom is -0.508 e. The predicted octanol–water partition coefficient (Wildman–Crippen LogP) is 5.13. The molecule has 4 heteroatoms. The SMILES string of the molecule is CC[PH](C=O)(CC)CC.Oc1ccccc1.c1ccsc1.